The first-order valence-corrected chi connectivity index (χ1v) is 7.80. The summed E-state index contributed by atoms with van der Waals surface area (Å²) >= 11 is 0. The molecule has 0 aliphatic carbocycles. The van der Waals surface area contributed by atoms with Crippen LogP contribution >= 0.6 is 0 Å². The van der Waals surface area contributed by atoms with E-state index in [4.69, 9.17) is 4.74 Å². The molecule has 6 nitrogen and oxygen atoms in total. The van der Waals surface area contributed by atoms with Crippen LogP contribution in [0.25, 0.3) is 0 Å². The van der Waals surface area contributed by atoms with E-state index in [0.717, 1.165) is 23.4 Å². The van der Waals surface area contributed by atoms with Crippen LogP contribution in [0.1, 0.15) is 34.2 Å². The lowest BCUT2D eigenvalue weighted by atomic mass is 10.0. The van der Waals surface area contributed by atoms with Gasteiger partial charge in [0.25, 0.3) is 0 Å². The van der Waals surface area contributed by atoms with Crippen LogP contribution in [0.5, 0.6) is 0 Å². The first-order valence-electron chi connectivity index (χ1n) is 7.80. The van der Waals surface area contributed by atoms with E-state index < -0.39 is 0 Å². The molecule has 0 aliphatic rings. The molecule has 0 aliphatic heterocycles. The third-order valence-corrected chi connectivity index (χ3v) is 3.61. The van der Waals surface area contributed by atoms with Crippen molar-refractivity contribution in [2.75, 3.05) is 13.6 Å². The first-order chi connectivity index (χ1) is 11.5. The minimum Gasteiger partial charge on any atom is -0.454 e. The van der Waals surface area contributed by atoms with Crippen LogP contribution in [-0.4, -0.2) is 40.8 Å². The molecule has 2 rings (SSSR count). The minimum absolute atomic E-state index is 0.0549. The highest BCUT2D eigenvalue weighted by atomic mass is 16.5. The summed E-state index contributed by atoms with van der Waals surface area (Å²) in [7, 11) is 1.96. The fraction of sp³-hybridized carbons (Fsp3) is 0.333. The van der Waals surface area contributed by atoms with Crippen LogP contribution in [0.4, 0.5) is 5.69 Å². The van der Waals surface area contributed by atoms with Crippen molar-refractivity contribution in [1.82, 2.24) is 14.9 Å². The van der Waals surface area contributed by atoms with Gasteiger partial charge < -0.3 is 9.64 Å². The number of esters is 1. The molecule has 0 saturated carbocycles. The maximum Gasteiger partial charge on any atom is 0.338 e. The molecule has 2 aromatic rings. The Labute approximate surface area is 142 Å². The van der Waals surface area contributed by atoms with E-state index in [2.05, 4.69) is 21.9 Å². The Bertz CT molecular complexity index is 729. The molecule has 0 fully saturated rings. The van der Waals surface area contributed by atoms with Crippen molar-refractivity contribution in [3.63, 3.8) is 0 Å². The predicted molar refractivity (Wildman–Crippen MR) is 93.5 cm³/mol. The van der Waals surface area contributed by atoms with Gasteiger partial charge in [-0.1, -0.05) is 0 Å². The summed E-state index contributed by atoms with van der Waals surface area (Å²) in [6, 6.07) is 5.42. The van der Waals surface area contributed by atoms with Gasteiger partial charge in [-0.3, -0.25) is 0 Å². The lowest BCUT2D eigenvalue weighted by Crippen LogP contribution is -2.14. The molecule has 24 heavy (non-hydrogen) atoms. The number of nitrogens with zero attached hydrogens (tertiary/aromatic N) is 4. The second-order valence-corrected chi connectivity index (χ2v) is 5.51. The molecule has 1 aromatic heterocycles. The molecule has 0 amide bonds. The van der Waals surface area contributed by atoms with Gasteiger partial charge >= 0.3 is 5.97 Å². The van der Waals surface area contributed by atoms with E-state index in [1.165, 1.54) is 0 Å². The summed E-state index contributed by atoms with van der Waals surface area (Å²) in [5.41, 5.74) is 3.12. The molecule has 0 N–H and O–H groups in total. The standard InChI is InChI=1S/C18H22N4O2/c1-5-22(4)12-21-16-10-13(2)15(9-14(16)3)18(23)24-11-17-19-7-6-8-20-17/h6-10,12H,5,11H2,1-4H3. The third-order valence-electron chi connectivity index (χ3n) is 3.61. The number of carbonyl (C=O) groups excluding carboxylic acids is 1. The van der Waals surface area contributed by atoms with E-state index in [1.54, 1.807) is 24.8 Å². The van der Waals surface area contributed by atoms with E-state index in [9.17, 15) is 4.79 Å². The predicted octanol–water partition coefficient (Wildman–Crippen LogP) is 3.06. The van der Waals surface area contributed by atoms with Crippen molar-refractivity contribution in [2.45, 2.75) is 27.4 Å². The average Bonchev–Trinajstić information content (AvgIpc) is 2.60. The molecule has 0 saturated heterocycles. The average molecular weight is 326 g/mol. The van der Waals surface area contributed by atoms with Crippen LogP contribution < -0.4 is 0 Å². The number of aliphatic imine (C=N–C) groups is 1. The molecule has 0 atom stereocenters. The summed E-state index contributed by atoms with van der Waals surface area (Å²) < 4.78 is 5.29. The zero-order chi connectivity index (χ0) is 17.5. The monoisotopic (exact) mass is 326 g/mol. The Hall–Kier alpha value is -2.76. The van der Waals surface area contributed by atoms with Gasteiger partial charge in [-0.15, -0.1) is 0 Å². The Balaban J connectivity index is 2.11. The molecule has 6 heteroatoms. The quantitative estimate of drug-likeness (QED) is 0.464. The maximum absolute atomic E-state index is 12.3. The number of benzene rings is 1. The summed E-state index contributed by atoms with van der Waals surface area (Å²) in [4.78, 5) is 26.8. The number of hydrogen-bond donors (Lipinski definition) is 0. The second-order valence-electron chi connectivity index (χ2n) is 5.51. The van der Waals surface area contributed by atoms with Crippen molar-refractivity contribution >= 4 is 18.0 Å². The topological polar surface area (TPSA) is 67.7 Å². The van der Waals surface area contributed by atoms with Gasteiger partial charge in [-0.2, -0.15) is 0 Å². The van der Waals surface area contributed by atoms with Crippen molar-refractivity contribution in [1.29, 1.82) is 0 Å². The summed E-state index contributed by atoms with van der Waals surface area (Å²) in [5, 5.41) is 0. The van der Waals surface area contributed by atoms with Crippen molar-refractivity contribution in [2.24, 2.45) is 4.99 Å². The number of aromatic nitrogens is 2. The summed E-state index contributed by atoms with van der Waals surface area (Å²) in [5.74, 6) is 0.0910. The fourth-order valence-corrected chi connectivity index (χ4v) is 2.01. The van der Waals surface area contributed by atoms with Crippen LogP contribution in [0, 0.1) is 13.8 Å². The molecule has 0 radical (unpaired) electrons. The lowest BCUT2D eigenvalue weighted by Gasteiger charge is -2.11. The molecule has 1 heterocycles. The molecule has 0 bridgehead atoms. The highest BCUT2D eigenvalue weighted by molar-refractivity contribution is 5.92. The molecule has 0 unspecified atom stereocenters. The molecule has 0 spiro atoms. The largest absolute Gasteiger partial charge is 0.454 e. The van der Waals surface area contributed by atoms with E-state index in [-0.39, 0.29) is 12.6 Å². The van der Waals surface area contributed by atoms with Gasteiger partial charge in [0.05, 0.1) is 17.6 Å². The highest BCUT2D eigenvalue weighted by Crippen LogP contribution is 2.24. The Morgan fingerprint density at radius 3 is 2.62 bits per heavy atom. The molecule has 126 valence electrons. The van der Waals surface area contributed by atoms with Crippen LogP contribution in [0.3, 0.4) is 0 Å². The molecular weight excluding hydrogens is 304 g/mol. The van der Waals surface area contributed by atoms with Crippen molar-refractivity contribution in [3.05, 3.63) is 53.1 Å². The first kappa shape index (κ1) is 17.6. The number of ether oxygens (including phenoxy) is 1. The SMILES string of the molecule is CCN(C)C=Nc1cc(C)c(C(=O)OCc2ncccn2)cc1C. The maximum atomic E-state index is 12.3. The van der Waals surface area contributed by atoms with E-state index >= 15 is 0 Å². The second kappa shape index (κ2) is 8.19. The highest BCUT2D eigenvalue weighted by Gasteiger charge is 2.13. The van der Waals surface area contributed by atoms with Crippen LogP contribution in [0.15, 0.2) is 35.6 Å². The van der Waals surface area contributed by atoms with E-state index in [1.807, 2.05) is 37.9 Å². The van der Waals surface area contributed by atoms with Gasteiger partial charge in [-0.05, 0) is 50.1 Å². The zero-order valence-corrected chi connectivity index (χ0v) is 14.5. The van der Waals surface area contributed by atoms with Gasteiger partial charge in [0, 0.05) is 26.0 Å². The van der Waals surface area contributed by atoms with Crippen molar-refractivity contribution < 1.29 is 9.53 Å². The van der Waals surface area contributed by atoms with Crippen molar-refractivity contribution in [3.8, 4) is 0 Å². The number of carbonyl (C=O) groups is 1. The van der Waals surface area contributed by atoms with E-state index in [0.29, 0.717) is 11.4 Å². The number of rotatable bonds is 6. The Morgan fingerprint density at radius 2 is 1.96 bits per heavy atom. The Kier molecular flexibility index (Phi) is 6.01. The molecule has 1 aromatic carbocycles. The van der Waals surface area contributed by atoms with Gasteiger partial charge in [0.1, 0.15) is 0 Å². The minimum atomic E-state index is -0.385. The zero-order valence-electron chi connectivity index (χ0n) is 14.5. The Morgan fingerprint density at radius 1 is 1.25 bits per heavy atom. The molecular formula is C18H22N4O2. The summed E-state index contributed by atoms with van der Waals surface area (Å²) in [6.45, 7) is 6.79. The van der Waals surface area contributed by atoms with Gasteiger partial charge in [0.15, 0.2) is 12.4 Å². The normalized spacial score (nSPS) is 10.8. The summed E-state index contributed by atoms with van der Waals surface area (Å²) in [6.07, 6.45) is 5.02. The number of aryl methyl sites for hydroxylation is 2. The van der Waals surface area contributed by atoms with Crippen LogP contribution in [0.2, 0.25) is 0 Å². The third kappa shape index (κ3) is 4.62. The van der Waals surface area contributed by atoms with Gasteiger partial charge in [-0.25, -0.2) is 19.8 Å². The number of hydrogen-bond acceptors (Lipinski definition) is 5. The lowest BCUT2D eigenvalue weighted by molar-refractivity contribution is 0.0461. The smallest absolute Gasteiger partial charge is 0.338 e. The van der Waals surface area contributed by atoms with Gasteiger partial charge in [0.2, 0.25) is 0 Å². The fourth-order valence-electron chi connectivity index (χ4n) is 2.01. The van der Waals surface area contributed by atoms with Crippen LogP contribution in [-0.2, 0) is 11.3 Å².